The lowest BCUT2D eigenvalue weighted by atomic mass is 10.0. The van der Waals surface area contributed by atoms with E-state index >= 15 is 0 Å². The third kappa shape index (κ3) is 5.10. The predicted molar refractivity (Wildman–Crippen MR) is 156 cm³/mol. The summed E-state index contributed by atoms with van der Waals surface area (Å²) in [4.78, 5) is 26.6. The molecular weight excluding hydrogens is 522 g/mol. The van der Waals surface area contributed by atoms with Crippen molar-refractivity contribution in [1.82, 2.24) is 15.0 Å². The van der Waals surface area contributed by atoms with Crippen molar-refractivity contribution in [2.24, 2.45) is 0 Å². The maximum absolute atomic E-state index is 13.4. The minimum absolute atomic E-state index is 0.00924. The molecule has 0 bridgehead atoms. The molecule has 0 atom stereocenters. The molecule has 40 heavy (non-hydrogen) atoms. The molecule has 0 spiro atoms. The average Bonchev–Trinajstić information content (AvgIpc) is 2.97. The van der Waals surface area contributed by atoms with Crippen LogP contribution in [0.3, 0.4) is 0 Å². The number of benzene rings is 4. The van der Waals surface area contributed by atoms with Crippen molar-refractivity contribution in [3.8, 4) is 11.3 Å². The zero-order valence-corrected chi connectivity index (χ0v) is 22.1. The van der Waals surface area contributed by atoms with Gasteiger partial charge in [-0.3, -0.25) is 9.78 Å². The van der Waals surface area contributed by atoms with Crippen LogP contribution in [0.5, 0.6) is 0 Å². The first-order valence-electron chi connectivity index (χ1n) is 12.4. The monoisotopic (exact) mass is 544 g/mol. The number of fused-ring (bicyclic) bond motifs is 2. The van der Waals surface area contributed by atoms with Crippen LogP contribution in [0.1, 0.15) is 15.9 Å². The number of amides is 1. The van der Waals surface area contributed by atoms with E-state index in [1.165, 1.54) is 30.5 Å². The molecule has 1 amide bonds. The molecule has 9 heteroatoms. The number of aromatic nitrogens is 3. The summed E-state index contributed by atoms with van der Waals surface area (Å²) in [6.07, 6.45) is 1.32. The Kier molecular flexibility index (Phi) is 6.41. The zero-order valence-electron chi connectivity index (χ0n) is 21.3. The molecule has 0 aliphatic carbocycles. The van der Waals surface area contributed by atoms with Crippen LogP contribution in [0.4, 0.5) is 11.5 Å². The van der Waals surface area contributed by atoms with Crippen molar-refractivity contribution in [2.45, 2.75) is 11.8 Å². The summed E-state index contributed by atoms with van der Waals surface area (Å²) in [5.41, 5.74) is 5.51. The molecular formula is C31H22N5O3S-. The van der Waals surface area contributed by atoms with Gasteiger partial charge in [-0.25, -0.2) is 13.4 Å². The second kappa shape index (κ2) is 10.2. The molecule has 8 nitrogen and oxygen atoms in total. The van der Waals surface area contributed by atoms with Gasteiger partial charge in [-0.2, -0.15) is 0 Å². The van der Waals surface area contributed by atoms with E-state index < -0.39 is 10.0 Å². The lowest BCUT2D eigenvalue weighted by Gasteiger charge is -2.16. The normalized spacial score (nSPS) is 11.4. The minimum Gasteiger partial charge on any atom is -0.433 e. The predicted octanol–water partition coefficient (Wildman–Crippen LogP) is 6.80. The Morgan fingerprint density at radius 2 is 1.45 bits per heavy atom. The summed E-state index contributed by atoms with van der Waals surface area (Å²) in [5, 5.41) is 3.59. The Labute approximate surface area is 230 Å². The highest BCUT2D eigenvalue weighted by Gasteiger charge is 2.15. The molecule has 0 aliphatic rings. The van der Waals surface area contributed by atoms with Gasteiger partial charge in [0.2, 0.25) is 10.0 Å². The van der Waals surface area contributed by atoms with Gasteiger partial charge in [0.25, 0.3) is 5.91 Å². The number of nitrogens with zero attached hydrogens (tertiary/aromatic N) is 4. The Balaban J connectivity index is 1.24. The number of nitrogens with one attached hydrogen (secondary N) is 1. The summed E-state index contributed by atoms with van der Waals surface area (Å²) in [5.74, 6) is -0.344. The van der Waals surface area contributed by atoms with E-state index in [1.54, 1.807) is 24.3 Å². The third-order valence-corrected chi connectivity index (χ3v) is 7.66. The molecule has 0 unspecified atom stereocenters. The van der Waals surface area contributed by atoms with Gasteiger partial charge >= 0.3 is 0 Å². The third-order valence-electron chi connectivity index (χ3n) is 6.37. The van der Waals surface area contributed by atoms with Crippen LogP contribution in [-0.4, -0.2) is 29.3 Å². The second-order valence-corrected chi connectivity index (χ2v) is 10.8. The van der Waals surface area contributed by atoms with Crippen LogP contribution in [0, 0.1) is 6.92 Å². The highest BCUT2D eigenvalue weighted by atomic mass is 32.2. The van der Waals surface area contributed by atoms with Gasteiger partial charge < -0.3 is 15.0 Å². The zero-order chi connectivity index (χ0) is 27.7. The summed E-state index contributed by atoms with van der Waals surface area (Å²) < 4.78 is 29.6. The highest BCUT2D eigenvalue weighted by molar-refractivity contribution is 7.94. The quantitative estimate of drug-likeness (QED) is 0.246. The molecule has 6 aromatic rings. The Morgan fingerprint density at radius 1 is 0.775 bits per heavy atom. The van der Waals surface area contributed by atoms with Crippen molar-refractivity contribution in [2.75, 3.05) is 5.32 Å². The number of anilines is 1. The fraction of sp³-hybridized carbons (Fsp3) is 0.0323. The van der Waals surface area contributed by atoms with E-state index in [2.05, 4.69) is 20.0 Å². The topological polar surface area (TPSA) is 116 Å². The van der Waals surface area contributed by atoms with Crippen molar-refractivity contribution >= 4 is 49.4 Å². The Morgan fingerprint density at radius 3 is 2.20 bits per heavy atom. The lowest BCUT2D eigenvalue weighted by molar-refractivity contribution is 0.102. The van der Waals surface area contributed by atoms with Gasteiger partial charge in [0.05, 0.1) is 27.2 Å². The number of rotatable bonds is 6. The van der Waals surface area contributed by atoms with Crippen LogP contribution < -0.4 is 5.32 Å². The smallest absolute Gasteiger partial charge is 0.256 e. The van der Waals surface area contributed by atoms with Gasteiger partial charge in [-0.1, -0.05) is 66.2 Å². The molecule has 1 N–H and O–H groups in total. The molecule has 196 valence electrons. The van der Waals surface area contributed by atoms with Crippen molar-refractivity contribution in [1.29, 1.82) is 0 Å². The molecule has 0 aliphatic heterocycles. The van der Waals surface area contributed by atoms with Gasteiger partial charge in [-0.15, -0.1) is 0 Å². The van der Waals surface area contributed by atoms with Gasteiger partial charge in [0.1, 0.15) is 0 Å². The maximum Gasteiger partial charge on any atom is 0.256 e. The number of hydrogen-bond donors (Lipinski definition) is 1. The minimum atomic E-state index is -4.05. The van der Waals surface area contributed by atoms with E-state index in [9.17, 15) is 13.2 Å². The van der Waals surface area contributed by atoms with Crippen molar-refractivity contribution < 1.29 is 13.2 Å². The first kappa shape index (κ1) is 25.1. The number of aryl methyl sites for hydroxylation is 1. The second-order valence-electron chi connectivity index (χ2n) is 9.20. The Hall–Kier alpha value is -5.15. The number of sulfonamides is 1. The SMILES string of the molecule is Cc1ccc(-c2cc(C(=O)Nc3ccc(S(=O)(=O)[N-]c4cnc5ccccc5n4)cc3)c3ccccc3n2)cc1. The van der Waals surface area contributed by atoms with Gasteiger partial charge in [-0.05, 0) is 60.7 Å². The fourth-order valence-corrected chi connectivity index (χ4v) is 5.23. The number of carbonyl (C=O) groups is 1. The Bertz CT molecular complexity index is 1990. The number of carbonyl (C=O) groups excluding carboxylic acids is 1. The summed E-state index contributed by atoms with van der Waals surface area (Å²) in [7, 11) is -4.05. The molecule has 4 aromatic carbocycles. The lowest BCUT2D eigenvalue weighted by Crippen LogP contribution is -2.13. The van der Waals surface area contributed by atoms with Crippen LogP contribution in [0.15, 0.2) is 114 Å². The van der Waals surface area contributed by atoms with E-state index in [0.29, 0.717) is 38.9 Å². The van der Waals surface area contributed by atoms with E-state index in [0.717, 1.165) is 11.1 Å². The maximum atomic E-state index is 13.4. The van der Waals surface area contributed by atoms with Crippen molar-refractivity contribution in [3.05, 3.63) is 125 Å². The molecule has 2 aromatic heterocycles. The summed E-state index contributed by atoms with van der Waals surface area (Å²) in [6, 6.07) is 30.1. The molecule has 6 rings (SSSR count). The van der Waals surface area contributed by atoms with Crippen LogP contribution in [0.25, 0.3) is 37.9 Å². The van der Waals surface area contributed by atoms with Gasteiger partial charge in [0, 0.05) is 22.8 Å². The molecule has 0 saturated carbocycles. The summed E-state index contributed by atoms with van der Waals surface area (Å²) >= 11 is 0. The summed E-state index contributed by atoms with van der Waals surface area (Å²) in [6.45, 7) is 2.01. The van der Waals surface area contributed by atoms with E-state index in [1.807, 2.05) is 61.5 Å². The first-order chi connectivity index (χ1) is 19.4. The molecule has 2 heterocycles. The van der Waals surface area contributed by atoms with Crippen molar-refractivity contribution in [3.63, 3.8) is 0 Å². The van der Waals surface area contributed by atoms with Gasteiger partial charge in [0.15, 0.2) is 0 Å². The fourth-order valence-electron chi connectivity index (χ4n) is 4.31. The van der Waals surface area contributed by atoms with E-state index in [4.69, 9.17) is 4.98 Å². The van der Waals surface area contributed by atoms with Crippen LogP contribution in [-0.2, 0) is 10.0 Å². The van der Waals surface area contributed by atoms with E-state index in [-0.39, 0.29) is 16.6 Å². The largest absolute Gasteiger partial charge is 0.433 e. The molecule has 0 radical (unpaired) electrons. The van der Waals surface area contributed by atoms with Crippen LogP contribution >= 0.6 is 0 Å². The number of hydrogen-bond acceptors (Lipinski definition) is 6. The number of pyridine rings is 1. The van der Waals surface area contributed by atoms with Crippen LogP contribution in [0.2, 0.25) is 0 Å². The molecule has 0 saturated heterocycles. The average molecular weight is 545 g/mol. The highest BCUT2D eigenvalue weighted by Crippen LogP contribution is 2.29. The molecule has 0 fully saturated rings. The first-order valence-corrected chi connectivity index (χ1v) is 13.9. The number of para-hydroxylation sites is 3. The standard InChI is InChI=1S/C31H23N5O3S/c1-20-10-12-21(13-11-20)29-18-25(24-6-2-3-7-26(24)34-29)31(37)33-22-14-16-23(17-15-22)40(38,39)36-30-19-32-27-8-4-5-9-28(27)35-30/h2-19H,1H3,(H2,33,35,36,37)/p-1.